The van der Waals surface area contributed by atoms with E-state index >= 15 is 0 Å². The number of Topliss-reactive ketones (excluding diaryl/α,β-unsaturated/α-hetero) is 1. The van der Waals surface area contributed by atoms with E-state index in [-0.39, 0.29) is 17.7 Å². The summed E-state index contributed by atoms with van der Waals surface area (Å²) in [7, 11) is 0. The molecule has 1 fully saturated rings. The van der Waals surface area contributed by atoms with Crippen LogP contribution in [0.25, 0.3) is 0 Å². The second kappa shape index (κ2) is 9.09. The van der Waals surface area contributed by atoms with Crippen molar-refractivity contribution in [2.45, 2.75) is 58.4 Å². The average Bonchev–Trinajstić information content (AvgIpc) is 3.22. The van der Waals surface area contributed by atoms with Gasteiger partial charge in [-0.1, -0.05) is 95.9 Å². The van der Waals surface area contributed by atoms with Crippen LogP contribution < -0.4 is 0 Å². The number of aryl methyl sites for hydroxylation is 3. The molecular weight excluding hydrogens is 402 g/mol. The Labute approximate surface area is 197 Å². The lowest BCUT2D eigenvalue weighted by Gasteiger charge is -2.32. The van der Waals surface area contributed by atoms with Crippen LogP contribution in [-0.4, -0.2) is 17.5 Å². The van der Waals surface area contributed by atoms with Crippen LogP contribution in [0.5, 0.6) is 0 Å². The molecule has 2 nitrogen and oxygen atoms in total. The highest BCUT2D eigenvalue weighted by Gasteiger charge is 2.46. The second-order valence-electron chi connectivity index (χ2n) is 10.1. The lowest BCUT2D eigenvalue weighted by Crippen LogP contribution is -2.32. The molecule has 4 unspecified atom stereocenters. The highest BCUT2D eigenvalue weighted by molar-refractivity contribution is 6.05. The number of hydrogen-bond acceptors (Lipinski definition) is 2. The van der Waals surface area contributed by atoms with Crippen LogP contribution >= 0.6 is 0 Å². The number of rotatable bonds is 5. The number of ketones is 1. The molecule has 0 radical (unpaired) electrons. The Morgan fingerprint density at radius 3 is 2.00 bits per heavy atom. The van der Waals surface area contributed by atoms with E-state index in [1.54, 1.807) is 0 Å². The monoisotopic (exact) mass is 435 g/mol. The topological polar surface area (TPSA) is 29.4 Å². The first-order chi connectivity index (χ1) is 16.0. The average molecular weight is 436 g/mol. The first kappa shape index (κ1) is 21.8. The largest absolute Gasteiger partial charge is 0.292 e. The van der Waals surface area contributed by atoms with Gasteiger partial charge in [0.25, 0.3) is 0 Å². The Balaban J connectivity index is 1.51. The van der Waals surface area contributed by atoms with Crippen molar-refractivity contribution in [2.24, 2.45) is 16.8 Å². The Morgan fingerprint density at radius 1 is 0.788 bits per heavy atom. The summed E-state index contributed by atoms with van der Waals surface area (Å²) >= 11 is 0. The number of aliphatic imine (C=N–C) groups is 1. The first-order valence-corrected chi connectivity index (χ1v) is 12.3. The number of carbonyl (C=O) groups is 1. The van der Waals surface area contributed by atoms with Crippen LogP contribution in [0.4, 0.5) is 0 Å². The van der Waals surface area contributed by atoms with Crippen LogP contribution in [0, 0.1) is 32.6 Å². The van der Waals surface area contributed by atoms with Gasteiger partial charge in [0.1, 0.15) is 6.04 Å². The van der Waals surface area contributed by atoms with E-state index in [2.05, 4.69) is 69.3 Å². The maximum absolute atomic E-state index is 13.7. The standard InChI is InChI=1S/C31H33NO/c1-20-7-13-23(14-8-20)19-26-5-4-6-27-28(24-15-9-21(2)10-16-24)30(32-29(26)27)31(33)25-17-11-22(3)12-18-25/h7-18,26-28,30H,4-6,19H2,1-3H3. The zero-order chi connectivity index (χ0) is 22.9. The third-order valence-corrected chi connectivity index (χ3v) is 7.60. The van der Waals surface area contributed by atoms with Gasteiger partial charge in [0.15, 0.2) is 5.78 Å². The maximum Gasteiger partial charge on any atom is 0.187 e. The van der Waals surface area contributed by atoms with Gasteiger partial charge in [-0.05, 0) is 51.2 Å². The molecule has 3 aromatic rings. The zero-order valence-electron chi connectivity index (χ0n) is 19.9. The molecule has 2 heteroatoms. The summed E-state index contributed by atoms with van der Waals surface area (Å²) < 4.78 is 0. The summed E-state index contributed by atoms with van der Waals surface area (Å²) in [4.78, 5) is 19.0. The SMILES string of the molecule is Cc1ccc(CC2CCCC3C2=NC(C(=O)c2ccc(C)cc2)C3c2ccc(C)cc2)cc1. The summed E-state index contributed by atoms with van der Waals surface area (Å²) in [6.07, 6.45) is 4.50. The molecule has 3 aromatic carbocycles. The molecule has 1 aliphatic carbocycles. The summed E-state index contributed by atoms with van der Waals surface area (Å²) in [5, 5.41) is 0. The number of carbonyl (C=O) groups excluding carboxylic acids is 1. The minimum atomic E-state index is -0.325. The van der Waals surface area contributed by atoms with Gasteiger partial charge in [0.2, 0.25) is 0 Å². The molecule has 1 aliphatic heterocycles. The van der Waals surface area contributed by atoms with Crippen LogP contribution in [0.3, 0.4) is 0 Å². The van der Waals surface area contributed by atoms with Crippen molar-refractivity contribution in [3.05, 3.63) is 106 Å². The van der Waals surface area contributed by atoms with E-state index in [1.165, 1.54) is 39.9 Å². The number of nitrogens with zero attached hydrogens (tertiary/aromatic N) is 1. The normalized spacial score (nSPS) is 24.3. The predicted molar refractivity (Wildman–Crippen MR) is 136 cm³/mol. The summed E-state index contributed by atoms with van der Waals surface area (Å²) in [6.45, 7) is 6.31. The minimum absolute atomic E-state index is 0.134. The molecular formula is C31H33NO. The molecule has 1 saturated carbocycles. The molecule has 0 spiro atoms. The van der Waals surface area contributed by atoms with Gasteiger partial charge in [0.05, 0.1) is 0 Å². The Bertz CT molecular complexity index is 1160. The smallest absolute Gasteiger partial charge is 0.187 e. The molecule has 2 aliphatic rings. The maximum atomic E-state index is 13.7. The molecule has 0 bridgehead atoms. The first-order valence-electron chi connectivity index (χ1n) is 12.3. The molecule has 0 N–H and O–H groups in total. The number of benzene rings is 3. The minimum Gasteiger partial charge on any atom is -0.292 e. The molecule has 0 amide bonds. The summed E-state index contributed by atoms with van der Waals surface area (Å²) in [6, 6.07) is 25.4. The Morgan fingerprint density at radius 2 is 1.36 bits per heavy atom. The fourth-order valence-electron chi connectivity index (χ4n) is 5.74. The van der Waals surface area contributed by atoms with Crippen LogP contribution in [0.15, 0.2) is 77.8 Å². The summed E-state index contributed by atoms with van der Waals surface area (Å²) in [5.74, 6) is 1.08. The van der Waals surface area contributed by atoms with Crippen molar-refractivity contribution in [3.8, 4) is 0 Å². The summed E-state index contributed by atoms with van der Waals surface area (Å²) in [5.41, 5.74) is 8.41. The van der Waals surface area contributed by atoms with E-state index in [1.807, 2.05) is 24.3 Å². The van der Waals surface area contributed by atoms with Gasteiger partial charge in [-0.25, -0.2) is 0 Å². The number of fused-ring (bicyclic) bond motifs is 1. The second-order valence-corrected chi connectivity index (χ2v) is 10.1. The molecule has 0 aromatic heterocycles. The van der Waals surface area contributed by atoms with Gasteiger partial charge < -0.3 is 0 Å². The van der Waals surface area contributed by atoms with Crippen molar-refractivity contribution in [1.82, 2.24) is 0 Å². The van der Waals surface area contributed by atoms with Crippen LogP contribution in [0.2, 0.25) is 0 Å². The van der Waals surface area contributed by atoms with Gasteiger partial charge in [-0.15, -0.1) is 0 Å². The molecule has 4 atom stereocenters. The molecule has 0 saturated heterocycles. The molecule has 5 rings (SSSR count). The van der Waals surface area contributed by atoms with Crippen molar-refractivity contribution in [2.75, 3.05) is 0 Å². The van der Waals surface area contributed by atoms with E-state index in [9.17, 15) is 4.79 Å². The number of hydrogen-bond donors (Lipinski definition) is 0. The molecule has 33 heavy (non-hydrogen) atoms. The van der Waals surface area contributed by atoms with Crippen molar-refractivity contribution in [1.29, 1.82) is 0 Å². The third-order valence-electron chi connectivity index (χ3n) is 7.60. The molecule has 168 valence electrons. The lowest BCUT2D eigenvalue weighted by molar-refractivity contribution is 0.0949. The van der Waals surface area contributed by atoms with Crippen molar-refractivity contribution in [3.63, 3.8) is 0 Å². The van der Waals surface area contributed by atoms with Crippen molar-refractivity contribution >= 4 is 11.5 Å². The lowest BCUT2D eigenvalue weighted by atomic mass is 9.70. The Hall–Kier alpha value is -3.00. The highest BCUT2D eigenvalue weighted by atomic mass is 16.1. The highest BCUT2D eigenvalue weighted by Crippen LogP contribution is 2.46. The predicted octanol–water partition coefficient (Wildman–Crippen LogP) is 7.06. The van der Waals surface area contributed by atoms with Gasteiger partial charge in [0, 0.05) is 29.0 Å². The van der Waals surface area contributed by atoms with E-state index in [0.717, 1.165) is 24.8 Å². The van der Waals surface area contributed by atoms with E-state index in [0.29, 0.717) is 11.8 Å². The van der Waals surface area contributed by atoms with Gasteiger partial charge in [-0.3, -0.25) is 9.79 Å². The van der Waals surface area contributed by atoms with E-state index in [4.69, 9.17) is 4.99 Å². The van der Waals surface area contributed by atoms with Crippen molar-refractivity contribution < 1.29 is 4.79 Å². The molecule has 1 heterocycles. The van der Waals surface area contributed by atoms with Crippen LogP contribution in [0.1, 0.15) is 63.4 Å². The Kier molecular flexibility index (Phi) is 6.01. The van der Waals surface area contributed by atoms with E-state index < -0.39 is 0 Å². The van der Waals surface area contributed by atoms with Gasteiger partial charge >= 0.3 is 0 Å². The van der Waals surface area contributed by atoms with Crippen LogP contribution in [-0.2, 0) is 6.42 Å². The zero-order valence-corrected chi connectivity index (χ0v) is 19.9. The van der Waals surface area contributed by atoms with Gasteiger partial charge in [-0.2, -0.15) is 0 Å². The fraction of sp³-hybridized carbons (Fsp3) is 0.355. The fourth-order valence-corrected chi connectivity index (χ4v) is 5.74. The quantitative estimate of drug-likeness (QED) is 0.394. The third kappa shape index (κ3) is 4.44.